The Morgan fingerprint density at radius 2 is 1.86 bits per heavy atom. The summed E-state index contributed by atoms with van der Waals surface area (Å²) in [6.45, 7) is 6.17. The fraction of sp³-hybridized carbons (Fsp3) is 0.348. The number of hydrogen-bond donors (Lipinski definition) is 2. The van der Waals surface area contributed by atoms with E-state index in [2.05, 4.69) is 74.3 Å². The van der Waals surface area contributed by atoms with E-state index < -0.39 is 0 Å². The number of nitrogens with one attached hydrogen (secondary N) is 2. The molecule has 0 radical (unpaired) electrons. The van der Waals surface area contributed by atoms with Gasteiger partial charge in [-0.3, -0.25) is 4.79 Å². The fourth-order valence-corrected chi connectivity index (χ4v) is 4.98. The van der Waals surface area contributed by atoms with Crippen molar-refractivity contribution in [2.45, 2.75) is 13.0 Å². The lowest BCUT2D eigenvalue weighted by Gasteiger charge is -2.35. The molecule has 2 aliphatic heterocycles. The van der Waals surface area contributed by atoms with Gasteiger partial charge in [-0.15, -0.1) is 0 Å². The largest absolute Gasteiger partial charge is 0.360 e. The Morgan fingerprint density at radius 3 is 2.66 bits per heavy atom. The van der Waals surface area contributed by atoms with E-state index in [9.17, 15) is 4.79 Å². The second-order valence-corrected chi connectivity index (χ2v) is 9.00. The Morgan fingerprint density at radius 1 is 1.07 bits per heavy atom. The highest BCUT2D eigenvalue weighted by atomic mass is 79.9. The fourth-order valence-electron chi connectivity index (χ4n) is 4.62. The van der Waals surface area contributed by atoms with Gasteiger partial charge in [-0.25, -0.2) is 0 Å². The van der Waals surface area contributed by atoms with E-state index in [1.807, 2.05) is 4.90 Å². The number of nitrogens with zero attached hydrogens (tertiary/aromatic N) is 2. The van der Waals surface area contributed by atoms with E-state index in [4.69, 9.17) is 0 Å². The average Bonchev–Trinajstić information content (AvgIpc) is 3.12. The molecule has 0 saturated carbocycles. The second-order valence-electron chi connectivity index (χ2n) is 8.09. The Hall–Kier alpha value is -2.31. The number of fused-ring (bicyclic) bond motifs is 3. The molecule has 2 aromatic carbocycles. The van der Waals surface area contributed by atoms with Crippen molar-refractivity contribution in [2.24, 2.45) is 0 Å². The van der Waals surface area contributed by atoms with Crippen LogP contribution in [0.2, 0.25) is 0 Å². The summed E-state index contributed by atoms with van der Waals surface area (Å²) < 4.78 is 1.08. The maximum atomic E-state index is 13.0. The first-order valence-corrected chi connectivity index (χ1v) is 11.2. The Balaban J connectivity index is 1.21. The number of para-hydroxylation sites is 1. The zero-order chi connectivity index (χ0) is 19.8. The highest BCUT2D eigenvalue weighted by Gasteiger charge is 2.28. The third-order valence-electron chi connectivity index (χ3n) is 6.28. The maximum absolute atomic E-state index is 13.0. The van der Waals surface area contributed by atoms with Crippen molar-refractivity contribution in [3.05, 3.63) is 64.3 Å². The van der Waals surface area contributed by atoms with Crippen molar-refractivity contribution >= 4 is 38.4 Å². The Labute approximate surface area is 179 Å². The van der Waals surface area contributed by atoms with Crippen molar-refractivity contribution in [2.75, 3.05) is 44.2 Å². The summed E-state index contributed by atoms with van der Waals surface area (Å²) >= 11 is 3.57. The van der Waals surface area contributed by atoms with Gasteiger partial charge in [0.15, 0.2) is 6.54 Å². The van der Waals surface area contributed by atoms with Crippen LogP contribution in [0.3, 0.4) is 0 Å². The van der Waals surface area contributed by atoms with Gasteiger partial charge in [0.05, 0.1) is 26.2 Å². The summed E-state index contributed by atoms with van der Waals surface area (Å²) in [5, 5.41) is 1.23. The molecule has 1 fully saturated rings. The van der Waals surface area contributed by atoms with E-state index >= 15 is 0 Å². The summed E-state index contributed by atoms with van der Waals surface area (Å²) in [5.74, 6) is 0.281. The summed E-state index contributed by atoms with van der Waals surface area (Å²) in [7, 11) is 0. The van der Waals surface area contributed by atoms with Crippen molar-refractivity contribution in [1.29, 1.82) is 0 Å². The third-order valence-corrected chi connectivity index (χ3v) is 6.78. The first-order chi connectivity index (χ1) is 14.2. The summed E-state index contributed by atoms with van der Waals surface area (Å²) in [6.07, 6.45) is 0.907. The van der Waals surface area contributed by atoms with Crippen LogP contribution in [0.15, 0.2) is 53.0 Å². The minimum Gasteiger partial charge on any atom is -0.360 e. The average molecular weight is 454 g/mol. The molecule has 5 rings (SSSR count). The summed E-state index contributed by atoms with van der Waals surface area (Å²) in [5.41, 5.74) is 5.01. The van der Waals surface area contributed by atoms with Crippen LogP contribution >= 0.6 is 15.9 Å². The molecular formula is C23H26BrN4O+. The Kier molecular flexibility index (Phi) is 5.06. The number of halogens is 1. The van der Waals surface area contributed by atoms with Gasteiger partial charge in [-0.05, 0) is 30.3 Å². The van der Waals surface area contributed by atoms with E-state index in [0.717, 1.165) is 49.1 Å². The topological polar surface area (TPSA) is 43.8 Å². The van der Waals surface area contributed by atoms with Gasteiger partial charge >= 0.3 is 0 Å². The van der Waals surface area contributed by atoms with Crippen LogP contribution in [0, 0.1) is 0 Å². The van der Waals surface area contributed by atoms with Crippen molar-refractivity contribution in [3.63, 3.8) is 0 Å². The molecule has 0 atom stereocenters. The third kappa shape index (κ3) is 3.79. The van der Waals surface area contributed by atoms with E-state index in [-0.39, 0.29) is 5.91 Å². The molecule has 0 aliphatic carbocycles. The normalized spacial score (nSPS) is 17.6. The second kappa shape index (κ2) is 7.84. The van der Waals surface area contributed by atoms with Gasteiger partial charge in [-0.1, -0.05) is 34.1 Å². The molecule has 3 aromatic rings. The number of amides is 1. The molecule has 29 heavy (non-hydrogen) atoms. The number of anilines is 1. The molecule has 2 N–H and O–H groups in total. The zero-order valence-corrected chi connectivity index (χ0v) is 18.0. The number of piperazine rings is 1. The molecule has 1 saturated heterocycles. The minimum absolute atomic E-state index is 0.281. The van der Waals surface area contributed by atoms with Crippen molar-refractivity contribution in [3.8, 4) is 0 Å². The summed E-state index contributed by atoms with van der Waals surface area (Å²) in [6, 6.07) is 16.9. The van der Waals surface area contributed by atoms with E-state index in [0.29, 0.717) is 13.1 Å². The molecule has 0 bridgehead atoms. The standard InChI is InChI=1S/C23H25BrN4O/c24-17-6-7-21-19(14-17)20-15-28(9-8-22(20)25-21)23(29)16-26-10-12-27(13-11-26)18-4-2-1-3-5-18/h1-7,14,25H,8-13,15-16H2/p+1. The van der Waals surface area contributed by atoms with Crippen molar-refractivity contribution in [1.82, 2.24) is 9.88 Å². The maximum Gasteiger partial charge on any atom is 0.278 e. The van der Waals surface area contributed by atoms with Crippen LogP contribution in [0.4, 0.5) is 5.69 Å². The van der Waals surface area contributed by atoms with Crippen LogP contribution in [0.25, 0.3) is 10.9 Å². The number of H-pyrrole nitrogens is 1. The number of rotatable bonds is 3. The molecule has 0 spiro atoms. The van der Waals surface area contributed by atoms with Gasteiger partial charge in [-0.2, -0.15) is 0 Å². The predicted molar refractivity (Wildman–Crippen MR) is 119 cm³/mol. The van der Waals surface area contributed by atoms with Crippen LogP contribution in [0.5, 0.6) is 0 Å². The smallest absolute Gasteiger partial charge is 0.278 e. The first-order valence-electron chi connectivity index (χ1n) is 10.4. The molecule has 3 heterocycles. The number of quaternary nitrogens is 1. The monoisotopic (exact) mass is 453 g/mol. The van der Waals surface area contributed by atoms with E-state index in [1.165, 1.54) is 27.2 Å². The number of aromatic amines is 1. The van der Waals surface area contributed by atoms with Gasteiger partial charge in [0.1, 0.15) is 0 Å². The Bertz CT molecular complexity index is 1020. The molecule has 6 heteroatoms. The van der Waals surface area contributed by atoms with Crippen LogP contribution in [0.1, 0.15) is 11.3 Å². The molecule has 2 aliphatic rings. The van der Waals surface area contributed by atoms with Crippen LogP contribution in [-0.2, 0) is 17.8 Å². The zero-order valence-electron chi connectivity index (χ0n) is 16.5. The van der Waals surface area contributed by atoms with Crippen LogP contribution in [-0.4, -0.2) is 55.1 Å². The SMILES string of the molecule is O=C(C[NH+]1CCN(c2ccccc2)CC1)N1CCc2[nH]c3ccc(Br)cc3c2C1. The van der Waals surface area contributed by atoms with Crippen LogP contribution < -0.4 is 9.80 Å². The molecule has 5 nitrogen and oxygen atoms in total. The lowest BCUT2D eigenvalue weighted by Crippen LogP contribution is -3.15. The van der Waals surface area contributed by atoms with Gasteiger partial charge in [0.25, 0.3) is 5.91 Å². The predicted octanol–water partition coefficient (Wildman–Crippen LogP) is 2.22. The first kappa shape index (κ1) is 18.7. The number of carbonyl (C=O) groups is 1. The van der Waals surface area contributed by atoms with E-state index in [1.54, 1.807) is 0 Å². The number of aromatic nitrogens is 1. The highest BCUT2D eigenvalue weighted by molar-refractivity contribution is 9.10. The number of carbonyl (C=O) groups excluding carboxylic acids is 1. The molecule has 150 valence electrons. The van der Waals surface area contributed by atoms with Crippen molar-refractivity contribution < 1.29 is 9.69 Å². The summed E-state index contributed by atoms with van der Waals surface area (Å²) in [4.78, 5) is 22.4. The quantitative estimate of drug-likeness (QED) is 0.638. The molecule has 1 amide bonds. The molecule has 0 unspecified atom stereocenters. The molecular weight excluding hydrogens is 428 g/mol. The highest BCUT2D eigenvalue weighted by Crippen LogP contribution is 2.29. The number of benzene rings is 2. The van der Waals surface area contributed by atoms with Gasteiger partial charge in [0, 0.05) is 51.8 Å². The number of hydrogen-bond acceptors (Lipinski definition) is 2. The molecule has 1 aromatic heterocycles. The van der Waals surface area contributed by atoms with Gasteiger partial charge < -0.3 is 19.7 Å². The van der Waals surface area contributed by atoms with Gasteiger partial charge in [0.2, 0.25) is 0 Å². The lowest BCUT2D eigenvalue weighted by molar-refractivity contribution is -0.892. The minimum atomic E-state index is 0.281. The lowest BCUT2D eigenvalue weighted by atomic mass is 10.0.